The van der Waals surface area contributed by atoms with Gasteiger partial charge in [-0.3, -0.25) is 19.7 Å². The topological polar surface area (TPSA) is 98.5 Å². The van der Waals surface area contributed by atoms with E-state index in [0.29, 0.717) is 11.3 Å². The summed E-state index contributed by atoms with van der Waals surface area (Å²) in [4.78, 5) is 32.7. The van der Waals surface area contributed by atoms with Crippen molar-refractivity contribution >= 4 is 23.3 Å². The first kappa shape index (κ1) is 14.6. The fraction of sp³-hybridized carbons (Fsp3) is 0.333. The fourth-order valence-electron chi connectivity index (χ4n) is 1.49. The number of carbonyl (C=O) groups is 2. The lowest BCUT2D eigenvalue weighted by molar-refractivity contribution is -0.385. The summed E-state index contributed by atoms with van der Waals surface area (Å²) in [6, 6.07) is 4.42. The number of esters is 1. The third-order valence-corrected chi connectivity index (χ3v) is 2.56. The molecule has 102 valence electrons. The Morgan fingerprint density at radius 3 is 2.63 bits per heavy atom. The molecule has 0 spiro atoms. The smallest absolute Gasteiger partial charge is 0.306 e. The number of nitro groups is 1. The molecule has 0 unspecified atom stereocenters. The molecule has 7 nitrogen and oxygen atoms in total. The number of anilines is 1. The van der Waals surface area contributed by atoms with Crippen LogP contribution in [0.25, 0.3) is 0 Å². The van der Waals surface area contributed by atoms with Crippen LogP contribution in [0.1, 0.15) is 18.4 Å². The predicted octanol–water partition coefficient (Wildman–Crippen LogP) is 1.79. The predicted molar refractivity (Wildman–Crippen MR) is 67.7 cm³/mol. The molecule has 0 aliphatic carbocycles. The quantitative estimate of drug-likeness (QED) is 0.497. The first-order valence-electron chi connectivity index (χ1n) is 5.56. The average Bonchev–Trinajstić information content (AvgIpc) is 2.38. The van der Waals surface area contributed by atoms with E-state index in [1.807, 2.05) is 0 Å². The average molecular weight is 266 g/mol. The molecule has 7 heteroatoms. The Bertz CT molecular complexity index is 513. The summed E-state index contributed by atoms with van der Waals surface area (Å²) in [5, 5.41) is 13.3. The number of rotatable bonds is 5. The Hall–Kier alpha value is -2.44. The fourth-order valence-corrected chi connectivity index (χ4v) is 1.49. The van der Waals surface area contributed by atoms with E-state index in [1.54, 1.807) is 13.0 Å². The molecule has 19 heavy (non-hydrogen) atoms. The number of nitrogens with one attached hydrogen (secondary N) is 1. The van der Waals surface area contributed by atoms with E-state index in [0.717, 1.165) is 0 Å². The largest absolute Gasteiger partial charge is 0.469 e. The molecule has 0 aliphatic heterocycles. The molecule has 0 saturated heterocycles. The molecule has 1 aromatic carbocycles. The number of nitrogens with zero attached hydrogens (tertiary/aromatic N) is 1. The van der Waals surface area contributed by atoms with Crippen molar-refractivity contribution in [3.63, 3.8) is 0 Å². The summed E-state index contributed by atoms with van der Waals surface area (Å²) in [5.74, 6) is -0.875. The van der Waals surface area contributed by atoms with Gasteiger partial charge in [-0.15, -0.1) is 0 Å². The van der Waals surface area contributed by atoms with Crippen LogP contribution in [-0.2, 0) is 14.3 Å². The maximum Gasteiger partial charge on any atom is 0.306 e. The minimum absolute atomic E-state index is 0.0314. The zero-order chi connectivity index (χ0) is 14.4. The highest BCUT2D eigenvalue weighted by Gasteiger charge is 2.15. The van der Waals surface area contributed by atoms with Gasteiger partial charge in [-0.1, -0.05) is 6.07 Å². The van der Waals surface area contributed by atoms with Gasteiger partial charge < -0.3 is 10.1 Å². The number of hydrogen-bond acceptors (Lipinski definition) is 5. The van der Waals surface area contributed by atoms with Crippen LogP contribution in [0, 0.1) is 17.0 Å². The Balaban J connectivity index is 2.72. The normalized spacial score (nSPS) is 9.79. The summed E-state index contributed by atoms with van der Waals surface area (Å²) < 4.78 is 4.42. The Kier molecular flexibility index (Phi) is 4.99. The van der Waals surface area contributed by atoms with Crippen LogP contribution in [-0.4, -0.2) is 23.9 Å². The van der Waals surface area contributed by atoms with Crippen LogP contribution in [0.4, 0.5) is 11.4 Å². The van der Waals surface area contributed by atoms with Crippen molar-refractivity contribution in [2.45, 2.75) is 19.8 Å². The highest BCUT2D eigenvalue weighted by atomic mass is 16.6. The molecule has 0 atom stereocenters. The van der Waals surface area contributed by atoms with Crippen LogP contribution >= 0.6 is 0 Å². The van der Waals surface area contributed by atoms with Gasteiger partial charge in [0, 0.05) is 12.5 Å². The van der Waals surface area contributed by atoms with Crippen molar-refractivity contribution < 1.29 is 19.2 Å². The molecule has 1 aromatic rings. The first-order chi connectivity index (χ1) is 8.95. The number of nitro benzene ring substituents is 1. The second kappa shape index (κ2) is 6.48. The van der Waals surface area contributed by atoms with Gasteiger partial charge in [0.15, 0.2) is 0 Å². The molecular formula is C12H14N2O5. The summed E-state index contributed by atoms with van der Waals surface area (Å²) in [5.41, 5.74) is 0.675. The number of ether oxygens (including phenoxy) is 1. The summed E-state index contributed by atoms with van der Waals surface area (Å²) >= 11 is 0. The monoisotopic (exact) mass is 266 g/mol. The maximum absolute atomic E-state index is 11.6. The SMILES string of the molecule is COC(=O)CCC(=O)Nc1cccc([N+](=O)[O-])c1C. The lowest BCUT2D eigenvalue weighted by atomic mass is 10.1. The van der Waals surface area contributed by atoms with Crippen molar-refractivity contribution in [1.29, 1.82) is 0 Å². The van der Waals surface area contributed by atoms with Crippen LogP contribution < -0.4 is 5.32 Å². The Labute approximate surface area is 109 Å². The molecule has 0 fully saturated rings. The summed E-state index contributed by atoms with van der Waals surface area (Å²) in [6.45, 7) is 1.55. The Morgan fingerprint density at radius 2 is 2.05 bits per heavy atom. The van der Waals surface area contributed by atoms with Gasteiger partial charge in [0.2, 0.25) is 5.91 Å². The molecule has 0 radical (unpaired) electrons. The lowest BCUT2D eigenvalue weighted by Crippen LogP contribution is -2.14. The van der Waals surface area contributed by atoms with Crippen LogP contribution in [0.15, 0.2) is 18.2 Å². The van der Waals surface area contributed by atoms with E-state index in [9.17, 15) is 19.7 Å². The zero-order valence-electron chi connectivity index (χ0n) is 10.6. The number of carbonyl (C=O) groups excluding carboxylic acids is 2. The molecule has 0 aliphatic rings. The van der Waals surface area contributed by atoms with Gasteiger partial charge in [-0.2, -0.15) is 0 Å². The van der Waals surface area contributed by atoms with E-state index in [-0.39, 0.29) is 18.5 Å². The highest BCUT2D eigenvalue weighted by Crippen LogP contribution is 2.25. The number of hydrogen-bond donors (Lipinski definition) is 1. The maximum atomic E-state index is 11.6. The van der Waals surface area contributed by atoms with Crippen molar-refractivity contribution in [3.8, 4) is 0 Å². The molecule has 1 rings (SSSR count). The van der Waals surface area contributed by atoms with E-state index in [2.05, 4.69) is 10.1 Å². The van der Waals surface area contributed by atoms with Crippen molar-refractivity contribution in [1.82, 2.24) is 0 Å². The van der Waals surface area contributed by atoms with Crippen molar-refractivity contribution in [2.75, 3.05) is 12.4 Å². The number of methoxy groups -OCH3 is 1. The zero-order valence-corrected chi connectivity index (χ0v) is 10.6. The molecule has 0 bridgehead atoms. The molecule has 0 aromatic heterocycles. The first-order valence-corrected chi connectivity index (χ1v) is 5.56. The molecule has 0 saturated carbocycles. The van der Waals surface area contributed by atoms with Crippen LogP contribution in [0.5, 0.6) is 0 Å². The van der Waals surface area contributed by atoms with Gasteiger partial charge in [0.1, 0.15) is 0 Å². The minimum Gasteiger partial charge on any atom is -0.469 e. The van der Waals surface area contributed by atoms with Gasteiger partial charge in [-0.05, 0) is 13.0 Å². The second-order valence-electron chi connectivity index (χ2n) is 3.83. The standard InChI is InChI=1S/C12H14N2O5/c1-8-9(4-3-5-10(8)14(17)18)13-11(15)6-7-12(16)19-2/h3-5H,6-7H2,1-2H3,(H,13,15). The van der Waals surface area contributed by atoms with Gasteiger partial charge in [0.05, 0.1) is 29.7 Å². The van der Waals surface area contributed by atoms with Gasteiger partial charge in [0.25, 0.3) is 5.69 Å². The minimum atomic E-state index is -0.514. The van der Waals surface area contributed by atoms with Crippen LogP contribution in [0.3, 0.4) is 0 Å². The van der Waals surface area contributed by atoms with E-state index in [1.165, 1.54) is 19.2 Å². The third-order valence-electron chi connectivity index (χ3n) is 2.56. The van der Waals surface area contributed by atoms with Crippen LogP contribution in [0.2, 0.25) is 0 Å². The molecule has 1 N–H and O–H groups in total. The number of benzene rings is 1. The molecular weight excluding hydrogens is 252 g/mol. The molecule has 1 amide bonds. The third kappa shape index (κ3) is 4.06. The highest BCUT2D eigenvalue weighted by molar-refractivity contribution is 5.93. The Morgan fingerprint density at radius 1 is 1.37 bits per heavy atom. The van der Waals surface area contributed by atoms with Crippen molar-refractivity contribution in [3.05, 3.63) is 33.9 Å². The number of amides is 1. The van der Waals surface area contributed by atoms with Crippen molar-refractivity contribution in [2.24, 2.45) is 0 Å². The van der Waals surface area contributed by atoms with Gasteiger partial charge >= 0.3 is 5.97 Å². The van der Waals surface area contributed by atoms with Gasteiger partial charge in [-0.25, -0.2) is 0 Å². The van der Waals surface area contributed by atoms with E-state index in [4.69, 9.17) is 0 Å². The van der Waals surface area contributed by atoms with E-state index >= 15 is 0 Å². The lowest BCUT2D eigenvalue weighted by Gasteiger charge is -2.08. The second-order valence-corrected chi connectivity index (χ2v) is 3.83. The van der Waals surface area contributed by atoms with E-state index < -0.39 is 16.8 Å². The molecule has 0 heterocycles. The summed E-state index contributed by atoms with van der Waals surface area (Å²) in [7, 11) is 1.24. The summed E-state index contributed by atoms with van der Waals surface area (Å²) in [6.07, 6.45) is -0.0644.